The first kappa shape index (κ1) is 10.9. The Labute approximate surface area is 96.4 Å². The predicted molar refractivity (Wildman–Crippen MR) is 69.4 cm³/mol. The summed E-state index contributed by atoms with van der Waals surface area (Å²) in [5, 5.41) is 2.51. The molecule has 2 aromatic rings. The zero-order chi connectivity index (χ0) is 11.5. The summed E-state index contributed by atoms with van der Waals surface area (Å²) in [4.78, 5) is 0. The van der Waals surface area contributed by atoms with Gasteiger partial charge in [-0.25, -0.2) is 0 Å². The first-order chi connectivity index (χ1) is 7.74. The fraction of sp³-hybridized carbons (Fsp3) is 0.200. The van der Waals surface area contributed by atoms with Crippen LogP contribution in [0.25, 0.3) is 16.3 Å². The highest BCUT2D eigenvalue weighted by atomic mass is 16.5. The lowest BCUT2D eigenvalue weighted by Crippen LogP contribution is -1.92. The number of hydrogen-bond donors (Lipinski definition) is 0. The Balaban J connectivity index is 2.76. The van der Waals surface area contributed by atoms with Gasteiger partial charge in [0.2, 0.25) is 0 Å². The molecule has 0 aliphatic carbocycles. The maximum atomic E-state index is 5.24. The molecule has 0 spiro atoms. The van der Waals surface area contributed by atoms with Crippen molar-refractivity contribution in [2.45, 2.75) is 13.5 Å². The minimum Gasteiger partial charge on any atom is -0.380 e. The number of fused-ring (bicyclic) bond motifs is 1. The topological polar surface area (TPSA) is 9.23 Å². The lowest BCUT2D eigenvalue weighted by atomic mass is 9.96. The summed E-state index contributed by atoms with van der Waals surface area (Å²) < 4.78 is 5.24. The molecule has 1 heteroatoms. The van der Waals surface area contributed by atoms with Crippen LogP contribution in [0.2, 0.25) is 0 Å². The standard InChI is InChI=1S/C15H16O/c1-11(2)14-9-5-7-12-6-4-8-13(10-16-3)15(12)14/h4-9H,1,10H2,2-3H3. The van der Waals surface area contributed by atoms with Crippen LogP contribution in [0.3, 0.4) is 0 Å². The molecule has 16 heavy (non-hydrogen) atoms. The maximum Gasteiger partial charge on any atom is 0.0719 e. The minimum atomic E-state index is 0.641. The third kappa shape index (κ3) is 1.86. The van der Waals surface area contributed by atoms with Gasteiger partial charge in [-0.1, -0.05) is 48.6 Å². The second kappa shape index (κ2) is 4.50. The van der Waals surface area contributed by atoms with E-state index >= 15 is 0 Å². The van der Waals surface area contributed by atoms with E-state index in [1.54, 1.807) is 7.11 Å². The maximum absolute atomic E-state index is 5.24. The van der Waals surface area contributed by atoms with Crippen LogP contribution >= 0.6 is 0 Å². The van der Waals surface area contributed by atoms with E-state index in [9.17, 15) is 0 Å². The van der Waals surface area contributed by atoms with Crippen LogP contribution in [0.4, 0.5) is 0 Å². The van der Waals surface area contributed by atoms with Crippen LogP contribution in [-0.2, 0) is 11.3 Å². The molecule has 0 N–H and O–H groups in total. The van der Waals surface area contributed by atoms with E-state index < -0.39 is 0 Å². The highest BCUT2D eigenvalue weighted by molar-refractivity contribution is 5.95. The number of rotatable bonds is 3. The van der Waals surface area contributed by atoms with Gasteiger partial charge in [-0.15, -0.1) is 0 Å². The molecule has 0 amide bonds. The molecule has 0 heterocycles. The highest BCUT2D eigenvalue weighted by Gasteiger charge is 2.06. The van der Waals surface area contributed by atoms with Gasteiger partial charge in [-0.3, -0.25) is 0 Å². The highest BCUT2D eigenvalue weighted by Crippen LogP contribution is 2.27. The molecule has 2 aromatic carbocycles. The molecule has 0 saturated carbocycles. The molecule has 0 saturated heterocycles. The number of benzene rings is 2. The number of hydrogen-bond acceptors (Lipinski definition) is 1. The van der Waals surface area contributed by atoms with E-state index in [2.05, 4.69) is 43.0 Å². The van der Waals surface area contributed by atoms with Gasteiger partial charge < -0.3 is 4.74 Å². The van der Waals surface area contributed by atoms with Crippen LogP contribution in [-0.4, -0.2) is 7.11 Å². The summed E-state index contributed by atoms with van der Waals surface area (Å²) in [6.07, 6.45) is 0. The fourth-order valence-corrected chi connectivity index (χ4v) is 2.05. The molecular formula is C15H16O. The van der Waals surface area contributed by atoms with Crippen molar-refractivity contribution < 1.29 is 4.74 Å². The van der Waals surface area contributed by atoms with Crippen molar-refractivity contribution in [2.24, 2.45) is 0 Å². The van der Waals surface area contributed by atoms with Crippen LogP contribution in [0, 0.1) is 0 Å². The Bertz CT molecular complexity index is 521. The van der Waals surface area contributed by atoms with E-state index in [0.29, 0.717) is 6.61 Å². The Kier molecular flexibility index (Phi) is 3.07. The average Bonchev–Trinajstić information content (AvgIpc) is 2.29. The lowest BCUT2D eigenvalue weighted by molar-refractivity contribution is 0.186. The van der Waals surface area contributed by atoms with Crippen LogP contribution < -0.4 is 0 Å². The summed E-state index contributed by atoms with van der Waals surface area (Å²) in [7, 11) is 1.72. The van der Waals surface area contributed by atoms with Gasteiger partial charge in [0.15, 0.2) is 0 Å². The number of allylic oxidation sites excluding steroid dienone is 1. The molecule has 2 rings (SSSR count). The Morgan fingerprint density at radius 1 is 1.19 bits per heavy atom. The van der Waals surface area contributed by atoms with Crippen LogP contribution in [0.1, 0.15) is 18.1 Å². The van der Waals surface area contributed by atoms with Crippen LogP contribution in [0.15, 0.2) is 43.0 Å². The van der Waals surface area contributed by atoms with Crippen molar-refractivity contribution in [3.8, 4) is 0 Å². The monoisotopic (exact) mass is 212 g/mol. The molecule has 0 aliphatic rings. The van der Waals surface area contributed by atoms with Crippen molar-refractivity contribution in [1.29, 1.82) is 0 Å². The lowest BCUT2D eigenvalue weighted by Gasteiger charge is -2.11. The molecule has 1 nitrogen and oxygen atoms in total. The van der Waals surface area contributed by atoms with Crippen molar-refractivity contribution in [1.82, 2.24) is 0 Å². The second-order valence-electron chi connectivity index (χ2n) is 4.03. The van der Waals surface area contributed by atoms with E-state index in [1.165, 1.54) is 21.9 Å². The van der Waals surface area contributed by atoms with E-state index in [0.717, 1.165) is 5.57 Å². The van der Waals surface area contributed by atoms with Gasteiger partial charge in [0.25, 0.3) is 0 Å². The number of methoxy groups -OCH3 is 1. The molecule has 0 aromatic heterocycles. The average molecular weight is 212 g/mol. The van der Waals surface area contributed by atoms with Gasteiger partial charge in [-0.05, 0) is 28.8 Å². The number of ether oxygens (including phenoxy) is 1. The van der Waals surface area contributed by atoms with E-state index in [1.807, 2.05) is 6.92 Å². The SMILES string of the molecule is C=C(C)c1cccc2cccc(COC)c12. The van der Waals surface area contributed by atoms with Gasteiger partial charge in [0.05, 0.1) is 6.61 Å². The normalized spacial score (nSPS) is 10.6. The molecule has 0 aliphatic heterocycles. The summed E-state index contributed by atoms with van der Waals surface area (Å²) in [6.45, 7) is 6.72. The minimum absolute atomic E-state index is 0.641. The largest absolute Gasteiger partial charge is 0.380 e. The Morgan fingerprint density at radius 3 is 2.50 bits per heavy atom. The van der Waals surface area contributed by atoms with Gasteiger partial charge in [0, 0.05) is 7.11 Å². The first-order valence-corrected chi connectivity index (χ1v) is 5.39. The molecule has 82 valence electrons. The first-order valence-electron chi connectivity index (χ1n) is 5.39. The predicted octanol–water partition coefficient (Wildman–Crippen LogP) is 4.02. The smallest absolute Gasteiger partial charge is 0.0719 e. The molecule has 0 radical (unpaired) electrons. The molecule has 0 fully saturated rings. The van der Waals surface area contributed by atoms with Crippen LogP contribution in [0.5, 0.6) is 0 Å². The molecule has 0 bridgehead atoms. The van der Waals surface area contributed by atoms with Gasteiger partial charge in [0.1, 0.15) is 0 Å². The van der Waals surface area contributed by atoms with Crippen molar-refractivity contribution in [3.63, 3.8) is 0 Å². The van der Waals surface area contributed by atoms with Gasteiger partial charge >= 0.3 is 0 Å². The summed E-state index contributed by atoms with van der Waals surface area (Å²) in [5.74, 6) is 0. The summed E-state index contributed by atoms with van der Waals surface area (Å²) in [6, 6.07) is 12.6. The second-order valence-corrected chi connectivity index (χ2v) is 4.03. The molecule has 0 unspecified atom stereocenters. The quantitative estimate of drug-likeness (QED) is 0.746. The van der Waals surface area contributed by atoms with Crippen molar-refractivity contribution in [2.75, 3.05) is 7.11 Å². The van der Waals surface area contributed by atoms with E-state index in [-0.39, 0.29) is 0 Å². The van der Waals surface area contributed by atoms with Crippen molar-refractivity contribution in [3.05, 3.63) is 54.1 Å². The third-order valence-corrected chi connectivity index (χ3v) is 2.75. The molecular weight excluding hydrogens is 196 g/mol. The third-order valence-electron chi connectivity index (χ3n) is 2.75. The Morgan fingerprint density at radius 2 is 1.88 bits per heavy atom. The summed E-state index contributed by atoms with van der Waals surface area (Å²) in [5.41, 5.74) is 3.53. The molecule has 0 atom stereocenters. The Hall–Kier alpha value is -1.60. The summed E-state index contributed by atoms with van der Waals surface area (Å²) >= 11 is 0. The zero-order valence-electron chi connectivity index (χ0n) is 9.79. The van der Waals surface area contributed by atoms with Gasteiger partial charge in [-0.2, -0.15) is 0 Å². The zero-order valence-corrected chi connectivity index (χ0v) is 9.79. The van der Waals surface area contributed by atoms with E-state index in [4.69, 9.17) is 4.74 Å². The fourth-order valence-electron chi connectivity index (χ4n) is 2.05. The van der Waals surface area contributed by atoms with Crippen molar-refractivity contribution >= 4 is 16.3 Å².